The molecule has 0 aromatic heterocycles. The summed E-state index contributed by atoms with van der Waals surface area (Å²) in [6, 6.07) is 0.831. The van der Waals surface area contributed by atoms with Gasteiger partial charge < -0.3 is 15.0 Å². The van der Waals surface area contributed by atoms with E-state index < -0.39 is 0 Å². The van der Waals surface area contributed by atoms with E-state index in [9.17, 15) is 0 Å². The smallest absolute Gasteiger partial charge is 0.124 e. The number of hydrazone groups is 1. The Kier molecular flexibility index (Phi) is 3.24. The van der Waals surface area contributed by atoms with Crippen molar-refractivity contribution in [2.45, 2.75) is 31.8 Å². The van der Waals surface area contributed by atoms with Gasteiger partial charge in [-0.3, -0.25) is 5.43 Å². The summed E-state index contributed by atoms with van der Waals surface area (Å²) in [4.78, 5) is 2.29. The summed E-state index contributed by atoms with van der Waals surface area (Å²) in [7, 11) is 0. The van der Waals surface area contributed by atoms with Gasteiger partial charge in [0.05, 0.1) is 25.3 Å². The van der Waals surface area contributed by atoms with Gasteiger partial charge in [-0.2, -0.15) is 5.10 Å². The summed E-state index contributed by atoms with van der Waals surface area (Å²) in [5, 5.41) is 11.3. The molecule has 0 spiro atoms. The minimum atomic E-state index is 0.415. The fraction of sp³-hybridized carbons (Fsp3) is 0.636. The Balaban J connectivity index is 2.19. The number of allylic oxidation sites excluding steroid dienone is 1. The van der Waals surface area contributed by atoms with Crippen molar-refractivity contribution < 1.29 is 4.74 Å². The van der Waals surface area contributed by atoms with Crippen molar-refractivity contribution in [3.63, 3.8) is 0 Å². The van der Waals surface area contributed by atoms with Crippen LogP contribution in [0.15, 0.2) is 17.0 Å². The largest absolute Gasteiger partial charge is 0.377 e. The summed E-state index contributed by atoms with van der Waals surface area (Å²) in [6.45, 7) is 6.73. The summed E-state index contributed by atoms with van der Waals surface area (Å²) in [5.74, 6) is 0.873. The molecule has 2 fully saturated rings. The highest BCUT2D eigenvalue weighted by Crippen LogP contribution is 2.31. The zero-order chi connectivity index (χ0) is 11.5. The molecule has 16 heavy (non-hydrogen) atoms. The van der Waals surface area contributed by atoms with Crippen molar-refractivity contribution in [1.82, 2.24) is 10.3 Å². The molecule has 0 radical (unpaired) electrons. The van der Waals surface area contributed by atoms with Gasteiger partial charge in [-0.1, -0.05) is 0 Å². The Morgan fingerprint density at radius 3 is 2.62 bits per heavy atom. The van der Waals surface area contributed by atoms with E-state index in [2.05, 4.69) is 22.1 Å². The van der Waals surface area contributed by atoms with Crippen LogP contribution in [0.2, 0.25) is 0 Å². The van der Waals surface area contributed by atoms with Crippen LogP contribution >= 0.6 is 0 Å². The lowest BCUT2D eigenvalue weighted by Crippen LogP contribution is -2.47. The van der Waals surface area contributed by atoms with Crippen LogP contribution in [0.3, 0.4) is 0 Å². The van der Waals surface area contributed by atoms with Crippen LogP contribution in [0.5, 0.6) is 0 Å². The highest BCUT2D eigenvalue weighted by Gasteiger charge is 2.38. The summed E-state index contributed by atoms with van der Waals surface area (Å²) >= 11 is 0. The molecule has 0 amide bonds. The molecule has 2 atom stereocenters. The molecule has 88 valence electrons. The molecule has 0 aliphatic carbocycles. The van der Waals surface area contributed by atoms with E-state index in [0.29, 0.717) is 17.8 Å². The third kappa shape index (κ3) is 2.09. The van der Waals surface area contributed by atoms with E-state index >= 15 is 0 Å². The van der Waals surface area contributed by atoms with Crippen molar-refractivity contribution in [2.24, 2.45) is 5.10 Å². The fourth-order valence-electron chi connectivity index (χ4n) is 2.47. The molecule has 2 rings (SSSR count). The van der Waals surface area contributed by atoms with Crippen LogP contribution in [0.1, 0.15) is 19.8 Å². The van der Waals surface area contributed by atoms with Gasteiger partial charge in [0.2, 0.25) is 0 Å². The number of nitrogens with one attached hydrogen (secondary N) is 2. The lowest BCUT2D eigenvalue weighted by molar-refractivity contribution is 0.0000695. The maximum atomic E-state index is 7.54. The van der Waals surface area contributed by atoms with Crippen LogP contribution in [0, 0.1) is 5.41 Å². The van der Waals surface area contributed by atoms with E-state index in [1.165, 1.54) is 0 Å². The molecule has 2 heterocycles. The number of nitrogens with zero attached hydrogens (tertiary/aromatic N) is 2. The zero-order valence-electron chi connectivity index (χ0n) is 9.57. The van der Waals surface area contributed by atoms with Crippen LogP contribution < -0.4 is 5.43 Å². The second-order valence-electron chi connectivity index (χ2n) is 4.31. The highest BCUT2D eigenvalue weighted by atomic mass is 16.5. The molecule has 0 saturated carbocycles. The number of hydrogen-bond acceptors (Lipinski definition) is 5. The summed E-state index contributed by atoms with van der Waals surface area (Å²) in [6.07, 6.45) is 4.10. The molecule has 2 aliphatic heterocycles. The predicted molar refractivity (Wildman–Crippen MR) is 63.6 cm³/mol. The van der Waals surface area contributed by atoms with Crippen molar-refractivity contribution in [1.29, 1.82) is 5.41 Å². The van der Waals surface area contributed by atoms with E-state index in [1.807, 2.05) is 0 Å². The molecule has 5 nitrogen and oxygen atoms in total. The molecule has 1 unspecified atom stereocenters. The van der Waals surface area contributed by atoms with Gasteiger partial charge in [-0.05, 0) is 19.8 Å². The highest BCUT2D eigenvalue weighted by molar-refractivity contribution is 5.90. The maximum absolute atomic E-state index is 7.54. The Bertz CT molecular complexity index is 310. The first-order chi connectivity index (χ1) is 7.72. The first-order valence-corrected chi connectivity index (χ1v) is 5.57. The number of morpholine rings is 1. The van der Waals surface area contributed by atoms with Crippen LogP contribution in [0.4, 0.5) is 0 Å². The van der Waals surface area contributed by atoms with Crippen LogP contribution in [0.25, 0.3) is 0 Å². The van der Waals surface area contributed by atoms with Gasteiger partial charge in [0.1, 0.15) is 5.82 Å². The topological polar surface area (TPSA) is 60.7 Å². The molecule has 0 aromatic carbocycles. The second kappa shape index (κ2) is 4.65. The van der Waals surface area contributed by atoms with E-state index in [4.69, 9.17) is 10.1 Å². The van der Waals surface area contributed by atoms with Gasteiger partial charge in [0.25, 0.3) is 0 Å². The van der Waals surface area contributed by atoms with Gasteiger partial charge in [-0.15, -0.1) is 0 Å². The van der Waals surface area contributed by atoms with E-state index in [-0.39, 0.29) is 0 Å². The number of fused-ring (bicyclic) bond motifs is 2. The van der Waals surface area contributed by atoms with Crippen LogP contribution in [-0.4, -0.2) is 42.6 Å². The monoisotopic (exact) mass is 222 g/mol. The van der Waals surface area contributed by atoms with Gasteiger partial charge in [0.15, 0.2) is 0 Å². The van der Waals surface area contributed by atoms with Crippen molar-refractivity contribution >= 4 is 12.4 Å². The maximum Gasteiger partial charge on any atom is 0.124 e. The molecular weight excluding hydrogens is 204 g/mol. The minimum Gasteiger partial charge on any atom is -0.377 e. The average Bonchev–Trinajstić information content (AvgIpc) is 2.47. The van der Waals surface area contributed by atoms with Crippen molar-refractivity contribution in [3.05, 3.63) is 11.9 Å². The van der Waals surface area contributed by atoms with E-state index in [1.54, 1.807) is 13.0 Å². The lowest BCUT2D eigenvalue weighted by atomic mass is 10.2. The van der Waals surface area contributed by atoms with Crippen molar-refractivity contribution in [2.75, 3.05) is 13.2 Å². The quantitative estimate of drug-likeness (QED) is 0.549. The number of rotatable bonds is 4. The Morgan fingerprint density at radius 2 is 2.12 bits per heavy atom. The number of hydrogen-bond donors (Lipinski definition) is 2. The van der Waals surface area contributed by atoms with Gasteiger partial charge >= 0.3 is 0 Å². The molecule has 2 saturated heterocycles. The van der Waals surface area contributed by atoms with Gasteiger partial charge in [0, 0.05) is 18.5 Å². The second-order valence-corrected chi connectivity index (χ2v) is 4.31. The summed E-state index contributed by atoms with van der Waals surface area (Å²) in [5.41, 5.74) is 3.40. The first kappa shape index (κ1) is 11.1. The standard InChI is InChI=1S/C11H18N4O/c1-8(12)5-11(14-13-2)15-9-3-4-10(15)7-16-6-9/h5,9-10,12,14H,2-4,6-7H2,1H3/b11-5+,12-8?/t9-,10?/m0/s1. The van der Waals surface area contributed by atoms with Crippen molar-refractivity contribution in [3.8, 4) is 0 Å². The third-order valence-corrected chi connectivity index (χ3v) is 3.07. The fourth-order valence-corrected chi connectivity index (χ4v) is 2.47. The zero-order valence-corrected chi connectivity index (χ0v) is 9.57. The first-order valence-electron chi connectivity index (χ1n) is 5.57. The lowest BCUT2D eigenvalue weighted by Gasteiger charge is -2.37. The Hall–Kier alpha value is -1.36. The molecule has 5 heteroatoms. The molecule has 2 N–H and O–H groups in total. The SMILES string of the molecule is C=NN/C(=C\C(C)=N)N1C2CC[C@H]1COC2. The van der Waals surface area contributed by atoms with Crippen LogP contribution in [-0.2, 0) is 4.74 Å². The normalized spacial score (nSPS) is 29.1. The predicted octanol–water partition coefficient (Wildman–Crippen LogP) is 0.936. The Labute approximate surface area is 95.7 Å². The Morgan fingerprint density at radius 1 is 1.50 bits per heavy atom. The third-order valence-electron chi connectivity index (χ3n) is 3.07. The molecule has 2 bridgehead atoms. The molecule has 0 aromatic rings. The van der Waals surface area contributed by atoms with Gasteiger partial charge in [-0.25, -0.2) is 0 Å². The molecular formula is C11H18N4O. The summed E-state index contributed by atoms with van der Waals surface area (Å²) < 4.78 is 5.52. The average molecular weight is 222 g/mol. The van der Waals surface area contributed by atoms with E-state index in [0.717, 1.165) is 31.9 Å². The minimum absolute atomic E-state index is 0.415. The molecule has 2 aliphatic rings. The number of ether oxygens (including phenoxy) is 1.